The van der Waals surface area contributed by atoms with Gasteiger partial charge in [-0.25, -0.2) is 0 Å². The highest BCUT2D eigenvalue weighted by molar-refractivity contribution is 5.68. The van der Waals surface area contributed by atoms with Crippen molar-refractivity contribution in [2.45, 2.75) is 83.2 Å². The highest BCUT2D eigenvalue weighted by Crippen LogP contribution is 2.54. The van der Waals surface area contributed by atoms with Gasteiger partial charge in [0, 0.05) is 17.9 Å². The first-order valence-electron chi connectivity index (χ1n) is 10.6. The van der Waals surface area contributed by atoms with Crippen molar-refractivity contribution in [2.24, 2.45) is 35.5 Å². The van der Waals surface area contributed by atoms with Crippen LogP contribution in [-0.4, -0.2) is 36.4 Å². The standard InChI is InChI=1S/C21H32O6/c1-10-6-15-17(26-15)8-13(10)20(12(21(24)25)4-3-5-19(22)23)14-9-18-16(27-18)7-11(14)2/h10-18,20H,3-9H2,1-2H3,(H,22,23)(H,24,25)/p-2. The fraction of sp³-hybridized carbons (Fsp3) is 0.905. The number of carboxylic acid groups (broad SMARTS) is 2. The SMILES string of the molecule is CC1CC2OC2CC1C(C(CCCC(=O)[O-])C(=O)[O-])C1CC2OC2CC1C. The van der Waals surface area contributed by atoms with Gasteiger partial charge in [-0.1, -0.05) is 13.8 Å². The lowest BCUT2D eigenvalue weighted by atomic mass is 9.59. The quantitative estimate of drug-likeness (QED) is 0.570. The van der Waals surface area contributed by atoms with Crippen molar-refractivity contribution in [3.05, 3.63) is 0 Å². The lowest BCUT2D eigenvalue weighted by molar-refractivity contribution is -0.316. The summed E-state index contributed by atoms with van der Waals surface area (Å²) in [4.78, 5) is 23.0. The van der Waals surface area contributed by atoms with Crippen molar-refractivity contribution < 1.29 is 29.3 Å². The maximum Gasteiger partial charge on any atom is 0.0844 e. The third kappa shape index (κ3) is 4.02. The van der Waals surface area contributed by atoms with E-state index in [-0.39, 0.29) is 36.4 Å². The Morgan fingerprint density at radius 2 is 1.37 bits per heavy atom. The lowest BCUT2D eigenvalue weighted by Gasteiger charge is -2.46. The molecule has 9 unspecified atom stereocenters. The fourth-order valence-corrected chi connectivity index (χ4v) is 6.19. The van der Waals surface area contributed by atoms with Crippen LogP contribution in [0.2, 0.25) is 0 Å². The van der Waals surface area contributed by atoms with Crippen LogP contribution in [0, 0.1) is 35.5 Å². The molecule has 0 aromatic rings. The van der Waals surface area contributed by atoms with Gasteiger partial charge in [-0.05, 0) is 74.5 Å². The van der Waals surface area contributed by atoms with E-state index in [0.717, 1.165) is 25.7 Å². The molecule has 4 rings (SSSR count). The summed E-state index contributed by atoms with van der Waals surface area (Å²) in [6.45, 7) is 4.43. The van der Waals surface area contributed by atoms with Crippen LogP contribution in [0.15, 0.2) is 0 Å². The minimum Gasteiger partial charge on any atom is -0.550 e. The first kappa shape index (κ1) is 19.2. The van der Waals surface area contributed by atoms with E-state index in [1.54, 1.807) is 0 Å². The Balaban J connectivity index is 1.57. The Morgan fingerprint density at radius 1 is 0.889 bits per heavy atom. The molecule has 0 bridgehead atoms. The minimum absolute atomic E-state index is 0.00273. The van der Waals surface area contributed by atoms with Gasteiger partial charge in [-0.3, -0.25) is 0 Å². The monoisotopic (exact) mass is 378 g/mol. The number of carbonyl (C=O) groups excluding carboxylic acids is 2. The molecule has 0 spiro atoms. The molecule has 0 N–H and O–H groups in total. The van der Waals surface area contributed by atoms with Crippen LogP contribution in [0.5, 0.6) is 0 Å². The Labute approximate surface area is 160 Å². The van der Waals surface area contributed by atoms with E-state index in [4.69, 9.17) is 9.47 Å². The molecule has 2 saturated carbocycles. The van der Waals surface area contributed by atoms with Gasteiger partial charge in [0.2, 0.25) is 0 Å². The average molecular weight is 378 g/mol. The number of carboxylic acids is 2. The summed E-state index contributed by atoms with van der Waals surface area (Å²) in [5, 5.41) is 23.0. The van der Waals surface area contributed by atoms with Gasteiger partial charge in [-0.15, -0.1) is 0 Å². The predicted octanol–water partition coefficient (Wildman–Crippen LogP) is 0.516. The number of ether oxygens (including phenoxy) is 2. The second kappa shape index (κ2) is 7.36. The highest BCUT2D eigenvalue weighted by atomic mass is 16.6. The van der Waals surface area contributed by atoms with Crippen molar-refractivity contribution in [3.63, 3.8) is 0 Å². The van der Waals surface area contributed by atoms with Crippen molar-refractivity contribution >= 4 is 11.9 Å². The molecule has 6 nitrogen and oxygen atoms in total. The van der Waals surface area contributed by atoms with E-state index in [2.05, 4.69) is 13.8 Å². The molecule has 0 radical (unpaired) electrons. The maximum atomic E-state index is 12.2. The summed E-state index contributed by atoms with van der Waals surface area (Å²) in [5.41, 5.74) is 0. The smallest absolute Gasteiger partial charge is 0.0844 e. The molecule has 6 heteroatoms. The predicted molar refractivity (Wildman–Crippen MR) is 91.9 cm³/mol. The van der Waals surface area contributed by atoms with Gasteiger partial charge >= 0.3 is 0 Å². The van der Waals surface area contributed by atoms with Crippen LogP contribution in [-0.2, 0) is 19.1 Å². The normalized spacial score (nSPS) is 44.5. The molecule has 27 heavy (non-hydrogen) atoms. The van der Waals surface area contributed by atoms with Crippen LogP contribution in [0.25, 0.3) is 0 Å². The molecule has 152 valence electrons. The number of carbonyl (C=O) groups is 2. The van der Waals surface area contributed by atoms with E-state index in [9.17, 15) is 19.8 Å². The molecule has 4 aliphatic rings. The van der Waals surface area contributed by atoms with E-state index >= 15 is 0 Å². The molecule has 2 aliphatic heterocycles. The van der Waals surface area contributed by atoms with Crippen LogP contribution < -0.4 is 10.2 Å². The number of epoxide rings is 2. The topological polar surface area (TPSA) is 105 Å². The van der Waals surface area contributed by atoms with Gasteiger partial charge in [0.1, 0.15) is 0 Å². The molecular formula is C21H30O6-2. The van der Waals surface area contributed by atoms with Gasteiger partial charge in [0.05, 0.1) is 24.4 Å². The van der Waals surface area contributed by atoms with Crippen LogP contribution in [0.3, 0.4) is 0 Å². The van der Waals surface area contributed by atoms with E-state index in [1.165, 1.54) is 0 Å². The highest BCUT2D eigenvalue weighted by Gasteiger charge is 2.55. The zero-order valence-electron chi connectivity index (χ0n) is 16.2. The number of fused-ring (bicyclic) bond motifs is 2. The van der Waals surface area contributed by atoms with E-state index < -0.39 is 17.9 Å². The van der Waals surface area contributed by atoms with Crippen molar-refractivity contribution in [3.8, 4) is 0 Å². The lowest BCUT2D eigenvalue weighted by Crippen LogP contribution is -2.47. The third-order valence-electron chi connectivity index (χ3n) is 7.71. The Morgan fingerprint density at radius 3 is 1.81 bits per heavy atom. The zero-order valence-corrected chi connectivity index (χ0v) is 16.2. The van der Waals surface area contributed by atoms with Gasteiger partial charge in [0.15, 0.2) is 0 Å². The Hall–Kier alpha value is -1.14. The number of hydrogen-bond donors (Lipinski definition) is 0. The molecule has 2 heterocycles. The average Bonchev–Trinajstić information content (AvgIpc) is 3.48. The zero-order chi connectivity index (χ0) is 19.3. The molecular weight excluding hydrogens is 348 g/mol. The fourth-order valence-electron chi connectivity index (χ4n) is 6.19. The Kier molecular flexibility index (Phi) is 5.23. The first-order valence-corrected chi connectivity index (χ1v) is 10.6. The van der Waals surface area contributed by atoms with Gasteiger partial charge in [-0.2, -0.15) is 0 Å². The molecule has 0 aromatic heterocycles. The van der Waals surface area contributed by atoms with Crippen molar-refractivity contribution in [2.75, 3.05) is 0 Å². The molecule has 9 atom stereocenters. The molecule has 2 aliphatic carbocycles. The van der Waals surface area contributed by atoms with Crippen LogP contribution in [0.4, 0.5) is 0 Å². The second-order valence-corrected chi connectivity index (χ2v) is 9.42. The van der Waals surface area contributed by atoms with Gasteiger partial charge in [0.25, 0.3) is 0 Å². The first-order chi connectivity index (χ1) is 12.8. The summed E-state index contributed by atoms with van der Waals surface area (Å²) < 4.78 is 11.5. The van der Waals surface area contributed by atoms with E-state index in [1.807, 2.05) is 0 Å². The van der Waals surface area contributed by atoms with Crippen molar-refractivity contribution in [1.82, 2.24) is 0 Å². The minimum atomic E-state index is -1.12. The molecule has 2 saturated heterocycles. The van der Waals surface area contributed by atoms with Crippen molar-refractivity contribution in [1.29, 1.82) is 0 Å². The number of rotatable bonds is 8. The summed E-state index contributed by atoms with van der Waals surface area (Å²) in [6, 6.07) is 0. The summed E-state index contributed by atoms with van der Waals surface area (Å²) in [7, 11) is 0. The number of aliphatic carboxylic acids is 2. The maximum absolute atomic E-state index is 12.2. The molecule has 4 fully saturated rings. The second-order valence-electron chi connectivity index (χ2n) is 9.42. The number of hydrogen-bond acceptors (Lipinski definition) is 6. The summed E-state index contributed by atoms with van der Waals surface area (Å²) >= 11 is 0. The van der Waals surface area contributed by atoms with Crippen LogP contribution in [0.1, 0.15) is 58.8 Å². The Bertz CT molecular complexity index is 559. The summed E-state index contributed by atoms with van der Waals surface area (Å²) in [5.74, 6) is -1.39. The largest absolute Gasteiger partial charge is 0.550 e. The summed E-state index contributed by atoms with van der Waals surface area (Å²) in [6.07, 6.45) is 5.67. The molecule has 0 aromatic carbocycles. The van der Waals surface area contributed by atoms with E-state index in [0.29, 0.717) is 36.9 Å². The van der Waals surface area contributed by atoms with Gasteiger partial charge < -0.3 is 29.3 Å². The third-order valence-corrected chi connectivity index (χ3v) is 7.71. The van der Waals surface area contributed by atoms with Crippen LogP contribution >= 0.6 is 0 Å². The molecule has 0 amide bonds.